The van der Waals surface area contributed by atoms with E-state index in [0.29, 0.717) is 0 Å². The number of hydrogen-bond donors (Lipinski definition) is 0. The van der Waals surface area contributed by atoms with Crippen LogP contribution >= 0.6 is 0 Å². The van der Waals surface area contributed by atoms with Crippen LogP contribution in [0.25, 0.3) is 50.0 Å². The Labute approximate surface area is 328 Å². The molecule has 9 aromatic rings. The zero-order chi connectivity index (χ0) is 38.0. The zero-order valence-electron chi connectivity index (χ0n) is 32.5. The Morgan fingerprint density at radius 1 is 0.643 bits per heavy atom. The Bertz CT molecular complexity index is 2860. The molecular weight excluding hydrogens is 685 g/mol. The van der Waals surface area contributed by atoms with Gasteiger partial charge >= 0.3 is 0 Å². The molecule has 0 saturated carbocycles. The van der Waals surface area contributed by atoms with Crippen LogP contribution in [0.5, 0.6) is 11.5 Å². The number of aryl methyl sites for hydroxylation is 5. The quantitative estimate of drug-likeness (QED) is 0.165. The van der Waals surface area contributed by atoms with Crippen LogP contribution in [0.3, 0.4) is 0 Å². The van der Waals surface area contributed by atoms with Crippen LogP contribution in [0, 0.1) is 6.92 Å². The zero-order valence-corrected chi connectivity index (χ0v) is 32.5. The average molecular weight is 730 g/mol. The molecule has 0 fully saturated rings. The maximum Gasteiger partial charge on any atom is 0.254 e. The lowest BCUT2D eigenvalue weighted by molar-refractivity contribution is -0.594. The van der Waals surface area contributed by atoms with Crippen molar-refractivity contribution >= 4 is 27.3 Å². The number of nitrogens with zero attached hydrogens (tertiary/aromatic N) is 4. The molecule has 274 valence electrons. The Kier molecular flexibility index (Phi) is 8.14. The van der Waals surface area contributed by atoms with Crippen LogP contribution in [0.1, 0.15) is 54.3 Å². The second kappa shape index (κ2) is 13.4. The van der Waals surface area contributed by atoms with Gasteiger partial charge in [-0.15, -0.1) is 0 Å². The van der Waals surface area contributed by atoms with Gasteiger partial charge in [-0.05, 0) is 102 Å². The van der Waals surface area contributed by atoms with Crippen molar-refractivity contribution in [1.29, 1.82) is 0 Å². The molecule has 56 heavy (non-hydrogen) atoms. The van der Waals surface area contributed by atoms with Gasteiger partial charge in [0.25, 0.3) is 6.33 Å². The van der Waals surface area contributed by atoms with Gasteiger partial charge in [-0.25, -0.2) is 9.55 Å². The van der Waals surface area contributed by atoms with Gasteiger partial charge in [0, 0.05) is 46.6 Å². The van der Waals surface area contributed by atoms with Gasteiger partial charge in [-0.3, -0.25) is 4.57 Å². The maximum atomic E-state index is 6.66. The number of para-hydroxylation sites is 1. The third-order valence-electron chi connectivity index (χ3n) is 11.6. The van der Waals surface area contributed by atoms with E-state index < -0.39 is 0 Å². The Balaban J connectivity index is 0.985. The minimum Gasteiger partial charge on any atom is -0.457 e. The van der Waals surface area contributed by atoms with Crippen molar-refractivity contribution in [2.24, 2.45) is 0 Å². The van der Waals surface area contributed by atoms with Crippen LogP contribution in [0.4, 0.5) is 0 Å². The fourth-order valence-corrected chi connectivity index (χ4v) is 8.44. The molecule has 0 saturated heterocycles. The van der Waals surface area contributed by atoms with Crippen molar-refractivity contribution in [2.45, 2.75) is 58.8 Å². The van der Waals surface area contributed by atoms with Gasteiger partial charge in [-0.2, -0.15) is 4.40 Å². The summed E-state index contributed by atoms with van der Waals surface area (Å²) in [5, 5.41) is 2.35. The summed E-state index contributed by atoms with van der Waals surface area (Å²) in [6.45, 7) is 8.93. The van der Waals surface area contributed by atoms with Gasteiger partial charge in [0.1, 0.15) is 34.9 Å². The number of ether oxygens (including phenoxy) is 1. The summed E-state index contributed by atoms with van der Waals surface area (Å²) in [5.41, 5.74) is 14.9. The first-order valence-electron chi connectivity index (χ1n) is 19.8. The number of fused-ring (bicyclic) bond motifs is 3. The molecule has 5 heteroatoms. The normalized spacial score (nSPS) is 13.1. The lowest BCUT2D eigenvalue weighted by atomic mass is 9.86. The van der Waals surface area contributed by atoms with E-state index in [-0.39, 0.29) is 5.41 Å². The van der Waals surface area contributed by atoms with E-state index >= 15 is 0 Å². The first-order valence-corrected chi connectivity index (χ1v) is 19.8. The van der Waals surface area contributed by atoms with E-state index in [2.05, 4.69) is 181 Å². The van der Waals surface area contributed by atoms with E-state index in [1.54, 1.807) is 0 Å². The number of imidazole rings is 1. The second-order valence-electron chi connectivity index (χ2n) is 16.4. The summed E-state index contributed by atoms with van der Waals surface area (Å²) in [6, 6.07) is 48.3. The molecule has 5 nitrogen and oxygen atoms in total. The van der Waals surface area contributed by atoms with E-state index in [0.717, 1.165) is 70.7 Å². The predicted octanol–water partition coefficient (Wildman–Crippen LogP) is 11.7. The van der Waals surface area contributed by atoms with Gasteiger partial charge < -0.3 is 4.74 Å². The van der Waals surface area contributed by atoms with Gasteiger partial charge in [0.05, 0.1) is 11.0 Å². The summed E-state index contributed by atoms with van der Waals surface area (Å²) < 4.78 is 13.5. The van der Waals surface area contributed by atoms with Crippen molar-refractivity contribution in [3.8, 4) is 34.1 Å². The average Bonchev–Trinajstić information content (AvgIpc) is 3.79. The molecule has 0 unspecified atom stereocenters. The Morgan fingerprint density at radius 2 is 1.39 bits per heavy atom. The number of pyridine rings is 2. The molecule has 2 aliphatic heterocycles. The number of hydrogen-bond acceptors (Lipinski definition) is 2. The molecule has 0 spiro atoms. The molecule has 0 N–H and O–H groups in total. The number of aromatic nitrogens is 4. The van der Waals surface area contributed by atoms with Crippen LogP contribution in [0.2, 0.25) is 0 Å². The molecule has 4 aromatic heterocycles. The highest BCUT2D eigenvalue weighted by atomic mass is 16.5. The van der Waals surface area contributed by atoms with E-state index in [1.165, 1.54) is 50.0 Å². The molecule has 5 aromatic carbocycles. The molecule has 4 aliphatic rings. The lowest BCUT2D eigenvalue weighted by Gasteiger charge is -2.19. The van der Waals surface area contributed by atoms with E-state index in [9.17, 15) is 0 Å². The largest absolute Gasteiger partial charge is 0.457 e. The molecule has 6 heterocycles. The smallest absolute Gasteiger partial charge is 0.254 e. The van der Waals surface area contributed by atoms with Crippen LogP contribution in [-0.2, 0) is 31.1 Å². The SMILES string of the molecule is Cc1cc(-n2c3ccccc3c3ccc(Oc4cccc(-[n+]5cc6c7ccc(n6c5)CCc5ccc(cc5)CC7)c4)cc32)ncc1-c1ccc(C(C)(C)C)cc1. The van der Waals surface area contributed by atoms with E-state index in [4.69, 9.17) is 9.72 Å². The fraction of sp³-hybridized carbons (Fsp3) is 0.176. The summed E-state index contributed by atoms with van der Waals surface area (Å²) in [6.07, 6.45) is 10.6. The Morgan fingerprint density at radius 3 is 2.18 bits per heavy atom. The van der Waals surface area contributed by atoms with Crippen LogP contribution in [-0.4, -0.2) is 14.0 Å². The topological polar surface area (TPSA) is 35.3 Å². The fourth-order valence-electron chi connectivity index (χ4n) is 8.44. The highest BCUT2D eigenvalue weighted by Gasteiger charge is 2.20. The molecule has 0 amide bonds. The summed E-state index contributed by atoms with van der Waals surface area (Å²) in [7, 11) is 0. The van der Waals surface area contributed by atoms with Crippen molar-refractivity contribution in [3.05, 3.63) is 186 Å². The van der Waals surface area contributed by atoms with Crippen LogP contribution in [0.15, 0.2) is 152 Å². The first-order chi connectivity index (χ1) is 27.2. The maximum absolute atomic E-state index is 6.66. The minimum atomic E-state index is 0.113. The monoisotopic (exact) mass is 729 g/mol. The van der Waals surface area contributed by atoms with Crippen molar-refractivity contribution < 1.29 is 9.30 Å². The molecular formula is C51H45N4O+. The molecule has 0 radical (unpaired) electrons. The van der Waals surface area contributed by atoms with Crippen molar-refractivity contribution in [3.63, 3.8) is 0 Å². The third kappa shape index (κ3) is 6.14. The lowest BCUT2D eigenvalue weighted by Crippen LogP contribution is -2.27. The summed E-state index contributed by atoms with van der Waals surface area (Å²) in [4.78, 5) is 5.07. The summed E-state index contributed by atoms with van der Waals surface area (Å²) >= 11 is 0. The summed E-state index contributed by atoms with van der Waals surface area (Å²) in [5.74, 6) is 2.45. The first kappa shape index (κ1) is 34.1. The number of rotatable bonds is 5. The van der Waals surface area contributed by atoms with Gasteiger partial charge in [0.2, 0.25) is 0 Å². The molecule has 0 atom stereocenters. The van der Waals surface area contributed by atoms with Gasteiger partial charge in [0.15, 0.2) is 5.52 Å². The van der Waals surface area contributed by atoms with Crippen molar-refractivity contribution in [2.75, 3.05) is 0 Å². The highest BCUT2D eigenvalue weighted by Crippen LogP contribution is 2.36. The second-order valence-corrected chi connectivity index (χ2v) is 16.4. The number of benzene rings is 5. The van der Waals surface area contributed by atoms with Crippen molar-refractivity contribution in [1.82, 2.24) is 14.0 Å². The highest BCUT2D eigenvalue weighted by molar-refractivity contribution is 6.09. The molecule has 13 rings (SSSR count). The predicted molar refractivity (Wildman–Crippen MR) is 228 cm³/mol. The molecule has 4 bridgehead atoms. The third-order valence-corrected chi connectivity index (χ3v) is 11.6. The molecule has 2 aliphatic carbocycles. The minimum absolute atomic E-state index is 0.113. The van der Waals surface area contributed by atoms with E-state index in [1.807, 2.05) is 12.3 Å². The standard InChI is InChI=1S/C51H45N4O/c1-34-28-50(52-31-46(34)37-19-22-39(23-20-37)51(2,3)4)55-47-11-6-5-10-44(47)45-27-26-43(30-48(45)55)56-42-9-7-8-41(29-42)53-32-49-38-18-16-35-12-14-36(15-13-35)17-24-40(25-21-38)54(49)33-53/h5-15,19-23,25-33H,16-18,24H2,1-4H3/q+1. The van der Waals surface area contributed by atoms with Crippen LogP contribution < -0.4 is 9.30 Å². The van der Waals surface area contributed by atoms with Gasteiger partial charge in [-0.1, -0.05) is 99.6 Å². The Hall–Kier alpha value is -6.46.